The van der Waals surface area contributed by atoms with Crippen LogP contribution in [-0.2, 0) is 16.6 Å². The molecule has 4 atom stereocenters. The highest BCUT2D eigenvalue weighted by atomic mass is 16.5. The van der Waals surface area contributed by atoms with E-state index in [0.29, 0.717) is 12.2 Å². The van der Waals surface area contributed by atoms with E-state index in [0.717, 1.165) is 17.7 Å². The Labute approximate surface area is 128 Å². The first kappa shape index (κ1) is 13.8. The minimum Gasteiger partial charge on any atom is -0.504 e. The largest absolute Gasteiger partial charge is 0.504 e. The number of ketones is 1. The average Bonchev–Trinajstić information content (AvgIpc) is 2.82. The van der Waals surface area contributed by atoms with E-state index in [1.54, 1.807) is 12.1 Å². The van der Waals surface area contributed by atoms with Crippen molar-refractivity contribution in [2.75, 3.05) is 6.54 Å². The lowest BCUT2D eigenvalue weighted by molar-refractivity contribution is -0.133. The molecule has 0 amide bonds. The van der Waals surface area contributed by atoms with Crippen LogP contribution in [-0.4, -0.2) is 40.3 Å². The Balaban J connectivity index is 2.03. The maximum absolute atomic E-state index is 12.3. The SMILES string of the molecule is CCN[C@@H]1Cc2ccc(O)c3c2[C@@]2(C)[C@@H](O3)C(=O)C=C[C@@]12O. The van der Waals surface area contributed by atoms with E-state index in [-0.39, 0.29) is 17.6 Å². The van der Waals surface area contributed by atoms with Gasteiger partial charge in [0.25, 0.3) is 0 Å². The van der Waals surface area contributed by atoms with Gasteiger partial charge in [-0.05, 0) is 43.7 Å². The molecule has 0 spiro atoms. The molecule has 0 fully saturated rings. The van der Waals surface area contributed by atoms with Crippen LogP contribution in [0.25, 0.3) is 0 Å². The number of aromatic hydroxyl groups is 1. The molecule has 116 valence electrons. The van der Waals surface area contributed by atoms with E-state index in [9.17, 15) is 15.0 Å². The maximum atomic E-state index is 12.3. The van der Waals surface area contributed by atoms with Crippen LogP contribution in [0.15, 0.2) is 24.3 Å². The first-order valence-corrected chi connectivity index (χ1v) is 7.64. The van der Waals surface area contributed by atoms with Gasteiger partial charge in [0.15, 0.2) is 23.4 Å². The van der Waals surface area contributed by atoms with Gasteiger partial charge in [-0.15, -0.1) is 0 Å². The number of benzene rings is 1. The number of ether oxygens (including phenoxy) is 1. The van der Waals surface area contributed by atoms with Crippen molar-refractivity contribution in [3.05, 3.63) is 35.4 Å². The van der Waals surface area contributed by atoms with Crippen molar-refractivity contribution in [1.29, 1.82) is 0 Å². The topological polar surface area (TPSA) is 78.8 Å². The Bertz CT molecular complexity index is 713. The summed E-state index contributed by atoms with van der Waals surface area (Å²) in [5.74, 6) is 0.188. The Morgan fingerprint density at radius 2 is 2.23 bits per heavy atom. The third-order valence-electron chi connectivity index (χ3n) is 5.50. The Morgan fingerprint density at radius 3 is 2.95 bits per heavy atom. The molecule has 2 aliphatic carbocycles. The monoisotopic (exact) mass is 301 g/mol. The van der Waals surface area contributed by atoms with E-state index >= 15 is 0 Å². The molecular weight excluding hydrogens is 282 g/mol. The summed E-state index contributed by atoms with van der Waals surface area (Å²) in [7, 11) is 0. The molecule has 1 aliphatic heterocycles. The minimum absolute atomic E-state index is 0.0198. The molecule has 0 aromatic heterocycles. The number of hydrogen-bond acceptors (Lipinski definition) is 5. The number of aliphatic hydroxyl groups is 1. The van der Waals surface area contributed by atoms with Crippen molar-refractivity contribution in [2.24, 2.45) is 0 Å². The number of phenols is 1. The summed E-state index contributed by atoms with van der Waals surface area (Å²) in [6.45, 7) is 4.57. The summed E-state index contributed by atoms with van der Waals surface area (Å²) >= 11 is 0. The van der Waals surface area contributed by atoms with Crippen LogP contribution in [0.5, 0.6) is 11.5 Å². The summed E-state index contributed by atoms with van der Waals surface area (Å²) in [6.07, 6.45) is 2.83. The standard InChI is InChI=1S/C17H19NO4/c1-3-18-12-8-9-4-5-10(19)14-13(9)16(2)15(22-14)11(20)6-7-17(12,16)21/h4-7,12,15,18-19,21H,3,8H2,1-2H3/t12-,15+,16+,17-/m1/s1. The zero-order valence-corrected chi connectivity index (χ0v) is 12.6. The highest BCUT2D eigenvalue weighted by Crippen LogP contribution is 2.59. The third-order valence-corrected chi connectivity index (χ3v) is 5.50. The molecule has 3 aliphatic rings. The number of phenolic OH excluding ortho intramolecular Hbond substituents is 1. The third kappa shape index (κ3) is 1.34. The van der Waals surface area contributed by atoms with Gasteiger partial charge < -0.3 is 20.3 Å². The predicted molar refractivity (Wildman–Crippen MR) is 80.1 cm³/mol. The molecule has 4 rings (SSSR count). The summed E-state index contributed by atoms with van der Waals surface area (Å²) in [5, 5.41) is 24.9. The normalized spacial score (nSPS) is 37.9. The van der Waals surface area contributed by atoms with Crippen LogP contribution < -0.4 is 10.1 Å². The molecule has 0 saturated carbocycles. The van der Waals surface area contributed by atoms with Gasteiger partial charge in [-0.1, -0.05) is 13.0 Å². The van der Waals surface area contributed by atoms with Gasteiger partial charge in [0.1, 0.15) is 5.60 Å². The van der Waals surface area contributed by atoms with Crippen molar-refractivity contribution in [2.45, 2.75) is 43.4 Å². The number of hydrogen-bond donors (Lipinski definition) is 3. The van der Waals surface area contributed by atoms with Crippen molar-refractivity contribution < 1.29 is 19.7 Å². The molecule has 5 heteroatoms. The van der Waals surface area contributed by atoms with Gasteiger partial charge in [-0.25, -0.2) is 0 Å². The Morgan fingerprint density at radius 1 is 1.45 bits per heavy atom. The van der Waals surface area contributed by atoms with Gasteiger partial charge in [0.05, 0.1) is 5.41 Å². The second-order valence-corrected chi connectivity index (χ2v) is 6.52. The van der Waals surface area contributed by atoms with Crippen molar-refractivity contribution in [3.8, 4) is 11.5 Å². The number of carbonyl (C=O) groups excluding carboxylic acids is 1. The first-order valence-electron chi connectivity index (χ1n) is 7.64. The molecule has 1 heterocycles. The second kappa shape index (κ2) is 4.12. The highest BCUT2D eigenvalue weighted by molar-refractivity contribution is 5.98. The van der Waals surface area contributed by atoms with Crippen molar-refractivity contribution in [1.82, 2.24) is 5.32 Å². The lowest BCUT2D eigenvalue weighted by atomic mass is 9.55. The van der Waals surface area contributed by atoms with Gasteiger partial charge in [0.2, 0.25) is 0 Å². The molecule has 1 aromatic carbocycles. The molecule has 3 N–H and O–H groups in total. The van der Waals surface area contributed by atoms with Gasteiger partial charge in [-0.2, -0.15) is 0 Å². The summed E-state index contributed by atoms with van der Waals surface area (Å²) in [6, 6.07) is 3.25. The molecule has 0 radical (unpaired) electrons. The van der Waals surface area contributed by atoms with E-state index in [1.165, 1.54) is 6.08 Å². The fraction of sp³-hybridized carbons (Fsp3) is 0.471. The maximum Gasteiger partial charge on any atom is 0.196 e. The first-order chi connectivity index (χ1) is 10.4. The van der Waals surface area contributed by atoms with Crippen LogP contribution in [0.3, 0.4) is 0 Å². The van der Waals surface area contributed by atoms with Crippen LogP contribution in [0.2, 0.25) is 0 Å². The van der Waals surface area contributed by atoms with E-state index in [1.807, 2.05) is 19.9 Å². The van der Waals surface area contributed by atoms with Gasteiger partial charge >= 0.3 is 0 Å². The minimum atomic E-state index is -1.23. The van der Waals surface area contributed by atoms with Crippen molar-refractivity contribution in [3.63, 3.8) is 0 Å². The molecule has 22 heavy (non-hydrogen) atoms. The second-order valence-electron chi connectivity index (χ2n) is 6.52. The summed E-state index contributed by atoms with van der Waals surface area (Å²) in [4.78, 5) is 12.3. The molecule has 0 unspecified atom stereocenters. The van der Waals surface area contributed by atoms with Gasteiger partial charge in [-0.3, -0.25) is 4.79 Å². The van der Waals surface area contributed by atoms with Crippen molar-refractivity contribution >= 4 is 5.78 Å². The van der Waals surface area contributed by atoms with E-state index in [2.05, 4.69) is 5.32 Å². The average molecular weight is 301 g/mol. The molecule has 0 saturated heterocycles. The number of rotatable bonds is 2. The van der Waals surface area contributed by atoms with Crippen LogP contribution >= 0.6 is 0 Å². The lowest BCUT2D eigenvalue weighted by Crippen LogP contribution is -2.69. The lowest BCUT2D eigenvalue weighted by Gasteiger charge is -2.52. The smallest absolute Gasteiger partial charge is 0.196 e. The number of nitrogens with one attached hydrogen (secondary N) is 1. The fourth-order valence-corrected chi connectivity index (χ4v) is 4.39. The summed E-state index contributed by atoms with van der Waals surface area (Å²) in [5.41, 5.74) is -0.343. The zero-order chi connectivity index (χ0) is 15.7. The molecule has 5 nitrogen and oxygen atoms in total. The zero-order valence-electron chi connectivity index (χ0n) is 12.6. The highest BCUT2D eigenvalue weighted by Gasteiger charge is 2.67. The quantitative estimate of drug-likeness (QED) is 0.753. The van der Waals surface area contributed by atoms with Crippen LogP contribution in [0.4, 0.5) is 0 Å². The predicted octanol–water partition coefficient (Wildman–Crippen LogP) is 0.815. The number of carbonyl (C=O) groups is 1. The fourth-order valence-electron chi connectivity index (χ4n) is 4.39. The molecule has 1 aromatic rings. The molecular formula is C17H19NO4. The molecule has 0 bridgehead atoms. The van der Waals surface area contributed by atoms with E-state index < -0.39 is 17.1 Å². The van der Waals surface area contributed by atoms with Gasteiger partial charge in [0, 0.05) is 11.6 Å². The van der Waals surface area contributed by atoms with Crippen LogP contribution in [0, 0.1) is 0 Å². The number of likely N-dealkylation sites (N-methyl/N-ethyl adjacent to an activating group) is 1. The Hall–Kier alpha value is -1.85. The van der Waals surface area contributed by atoms with E-state index in [4.69, 9.17) is 4.74 Å². The van der Waals surface area contributed by atoms with Crippen LogP contribution in [0.1, 0.15) is 25.0 Å². The summed E-state index contributed by atoms with van der Waals surface area (Å²) < 4.78 is 5.80. The Kier molecular flexibility index (Phi) is 2.58.